The molecule has 0 saturated heterocycles. The van der Waals surface area contributed by atoms with Gasteiger partial charge in [0, 0.05) is 16.6 Å². The van der Waals surface area contributed by atoms with Crippen molar-refractivity contribution < 1.29 is 4.79 Å². The van der Waals surface area contributed by atoms with E-state index in [4.69, 9.17) is 11.5 Å². The summed E-state index contributed by atoms with van der Waals surface area (Å²) >= 11 is 0. The third-order valence-electron chi connectivity index (χ3n) is 4.00. The number of anilines is 1. The summed E-state index contributed by atoms with van der Waals surface area (Å²) < 4.78 is 0. The van der Waals surface area contributed by atoms with E-state index in [9.17, 15) is 4.79 Å². The van der Waals surface area contributed by atoms with Crippen LogP contribution in [0.25, 0.3) is 10.9 Å². The van der Waals surface area contributed by atoms with Crippen LogP contribution in [0, 0.1) is 6.92 Å². The molecule has 3 aromatic rings. The van der Waals surface area contributed by atoms with E-state index in [0.717, 1.165) is 22.0 Å². The molecule has 6 N–H and O–H groups in total. The van der Waals surface area contributed by atoms with Gasteiger partial charge in [0.1, 0.15) is 5.69 Å². The predicted molar refractivity (Wildman–Crippen MR) is 105 cm³/mol. The second kappa shape index (κ2) is 7.10. The Morgan fingerprint density at radius 2 is 1.81 bits per heavy atom. The lowest BCUT2D eigenvalue weighted by atomic mass is 10.1. The highest BCUT2D eigenvalue weighted by Crippen LogP contribution is 2.20. The maximum absolute atomic E-state index is 12.5. The highest BCUT2D eigenvalue weighted by molar-refractivity contribution is 6.06. The van der Waals surface area contributed by atoms with Crippen molar-refractivity contribution in [3.8, 4) is 0 Å². The molecule has 0 aliphatic rings. The number of nitrogens with two attached hydrogens (primary N) is 2. The Morgan fingerprint density at radius 1 is 1.08 bits per heavy atom. The van der Waals surface area contributed by atoms with Gasteiger partial charge in [-0.2, -0.15) is 5.10 Å². The number of fused-ring (bicyclic) bond motifs is 1. The van der Waals surface area contributed by atoms with Crippen molar-refractivity contribution >= 4 is 34.2 Å². The Morgan fingerprint density at radius 3 is 2.46 bits per heavy atom. The first kappa shape index (κ1) is 17.2. The standard InChI is InChI=1S/C19H20N6O/c1-11-4-3-5-16-15(11)10-17(23-16)18(26)22-14-8-6-13(7-9-14)12(2)24-25-19(20)21/h3-10,23H,1-2H3,(H,22,26)(H4,20,21,25)/b24-12-. The van der Waals surface area contributed by atoms with Crippen LogP contribution in [0.2, 0.25) is 0 Å². The normalized spacial score (nSPS) is 11.4. The van der Waals surface area contributed by atoms with Crippen LogP contribution in [0.1, 0.15) is 28.5 Å². The molecule has 0 aliphatic heterocycles. The van der Waals surface area contributed by atoms with Crippen molar-refractivity contribution in [2.24, 2.45) is 21.7 Å². The Kier molecular flexibility index (Phi) is 4.70. The Bertz CT molecular complexity index is 1010. The van der Waals surface area contributed by atoms with Gasteiger partial charge < -0.3 is 21.8 Å². The largest absolute Gasteiger partial charge is 0.369 e. The summed E-state index contributed by atoms with van der Waals surface area (Å²) in [5.41, 5.74) is 15.3. The van der Waals surface area contributed by atoms with Crippen LogP contribution in [-0.4, -0.2) is 22.6 Å². The van der Waals surface area contributed by atoms with Gasteiger partial charge in [0.05, 0.1) is 5.71 Å². The average molecular weight is 348 g/mol. The van der Waals surface area contributed by atoms with Crippen LogP contribution in [0.4, 0.5) is 5.69 Å². The van der Waals surface area contributed by atoms with E-state index in [2.05, 4.69) is 20.5 Å². The van der Waals surface area contributed by atoms with E-state index >= 15 is 0 Å². The molecule has 2 aromatic carbocycles. The number of nitrogens with zero attached hydrogens (tertiary/aromatic N) is 2. The van der Waals surface area contributed by atoms with Gasteiger partial charge in [-0.1, -0.05) is 24.3 Å². The van der Waals surface area contributed by atoms with Gasteiger partial charge in [-0.25, -0.2) is 0 Å². The van der Waals surface area contributed by atoms with Crippen LogP contribution in [0.5, 0.6) is 0 Å². The summed E-state index contributed by atoms with van der Waals surface area (Å²) in [6.07, 6.45) is 0. The quantitative estimate of drug-likeness (QED) is 0.329. The molecule has 0 aliphatic carbocycles. The van der Waals surface area contributed by atoms with E-state index < -0.39 is 0 Å². The van der Waals surface area contributed by atoms with E-state index in [0.29, 0.717) is 17.1 Å². The molecule has 1 heterocycles. The number of amides is 1. The van der Waals surface area contributed by atoms with E-state index in [1.54, 1.807) is 19.1 Å². The predicted octanol–water partition coefficient (Wildman–Crippen LogP) is 2.73. The minimum atomic E-state index is -0.195. The number of H-pyrrole nitrogens is 1. The summed E-state index contributed by atoms with van der Waals surface area (Å²) in [6, 6.07) is 15.1. The molecule has 0 bridgehead atoms. The van der Waals surface area contributed by atoms with Crippen molar-refractivity contribution in [1.29, 1.82) is 0 Å². The van der Waals surface area contributed by atoms with Crippen LogP contribution < -0.4 is 16.8 Å². The molecular formula is C19H20N6O. The molecular weight excluding hydrogens is 328 g/mol. The van der Waals surface area contributed by atoms with Gasteiger partial charge in [-0.05, 0) is 49.2 Å². The number of aryl methyl sites for hydroxylation is 1. The summed E-state index contributed by atoms with van der Waals surface area (Å²) in [5.74, 6) is -0.291. The van der Waals surface area contributed by atoms with Gasteiger partial charge in [-0.3, -0.25) is 4.79 Å². The lowest BCUT2D eigenvalue weighted by Crippen LogP contribution is -2.22. The van der Waals surface area contributed by atoms with Gasteiger partial charge >= 0.3 is 0 Å². The van der Waals surface area contributed by atoms with Crippen LogP contribution in [0.15, 0.2) is 58.7 Å². The third kappa shape index (κ3) is 3.72. The molecule has 0 radical (unpaired) electrons. The number of hydrogen-bond donors (Lipinski definition) is 4. The second-order valence-electron chi connectivity index (χ2n) is 5.96. The smallest absolute Gasteiger partial charge is 0.272 e. The highest BCUT2D eigenvalue weighted by Gasteiger charge is 2.11. The number of rotatable bonds is 4. The molecule has 0 atom stereocenters. The Balaban J connectivity index is 1.76. The molecule has 0 saturated carbocycles. The first-order valence-corrected chi connectivity index (χ1v) is 8.07. The molecule has 0 unspecified atom stereocenters. The molecule has 0 fully saturated rings. The number of aromatic amines is 1. The molecule has 7 heteroatoms. The lowest BCUT2D eigenvalue weighted by molar-refractivity contribution is 0.102. The van der Waals surface area contributed by atoms with Crippen LogP contribution in [-0.2, 0) is 0 Å². The number of aromatic nitrogens is 1. The minimum absolute atomic E-state index is 0.0956. The van der Waals surface area contributed by atoms with Crippen molar-refractivity contribution in [2.75, 3.05) is 5.32 Å². The van der Waals surface area contributed by atoms with Crippen molar-refractivity contribution in [3.63, 3.8) is 0 Å². The number of nitrogens with one attached hydrogen (secondary N) is 2. The van der Waals surface area contributed by atoms with E-state index in [1.165, 1.54) is 0 Å². The number of benzene rings is 2. The molecule has 26 heavy (non-hydrogen) atoms. The van der Waals surface area contributed by atoms with Crippen molar-refractivity contribution in [1.82, 2.24) is 4.98 Å². The van der Waals surface area contributed by atoms with Gasteiger partial charge in [0.2, 0.25) is 5.96 Å². The van der Waals surface area contributed by atoms with Gasteiger partial charge in [0.15, 0.2) is 0 Å². The number of carbonyl (C=O) groups excluding carboxylic acids is 1. The second-order valence-corrected chi connectivity index (χ2v) is 5.96. The molecule has 132 valence electrons. The zero-order chi connectivity index (χ0) is 18.7. The topological polar surface area (TPSA) is 122 Å². The summed E-state index contributed by atoms with van der Waals surface area (Å²) in [6.45, 7) is 3.82. The maximum Gasteiger partial charge on any atom is 0.272 e. The molecule has 0 spiro atoms. The fraction of sp³-hybridized carbons (Fsp3) is 0.105. The van der Waals surface area contributed by atoms with E-state index in [-0.39, 0.29) is 11.9 Å². The van der Waals surface area contributed by atoms with Crippen LogP contribution in [0.3, 0.4) is 0 Å². The summed E-state index contributed by atoms with van der Waals surface area (Å²) in [7, 11) is 0. The maximum atomic E-state index is 12.5. The third-order valence-corrected chi connectivity index (χ3v) is 4.00. The zero-order valence-electron chi connectivity index (χ0n) is 14.6. The fourth-order valence-corrected chi connectivity index (χ4v) is 2.61. The van der Waals surface area contributed by atoms with Crippen molar-refractivity contribution in [2.45, 2.75) is 13.8 Å². The van der Waals surface area contributed by atoms with Gasteiger partial charge in [0.25, 0.3) is 5.91 Å². The number of guanidine groups is 1. The lowest BCUT2D eigenvalue weighted by Gasteiger charge is -2.05. The zero-order valence-corrected chi connectivity index (χ0v) is 14.6. The highest BCUT2D eigenvalue weighted by atomic mass is 16.1. The number of carbonyl (C=O) groups is 1. The molecule has 1 amide bonds. The van der Waals surface area contributed by atoms with Crippen LogP contribution >= 0.6 is 0 Å². The minimum Gasteiger partial charge on any atom is -0.369 e. The SMILES string of the molecule is C/C(=N/N=C(N)N)c1ccc(NC(=O)c2cc3c(C)cccc3[nH]2)cc1. The average Bonchev–Trinajstić information content (AvgIpc) is 3.06. The molecule has 1 aromatic heterocycles. The Hall–Kier alpha value is -3.61. The molecule has 3 rings (SSSR count). The summed E-state index contributed by atoms with van der Waals surface area (Å²) in [5, 5.41) is 11.5. The monoisotopic (exact) mass is 348 g/mol. The van der Waals surface area contributed by atoms with Gasteiger partial charge in [-0.15, -0.1) is 5.10 Å². The molecule has 7 nitrogen and oxygen atoms in total. The van der Waals surface area contributed by atoms with E-state index in [1.807, 2.05) is 43.3 Å². The summed E-state index contributed by atoms with van der Waals surface area (Å²) in [4.78, 5) is 15.6. The number of hydrogen-bond acceptors (Lipinski definition) is 3. The van der Waals surface area contributed by atoms with Crippen molar-refractivity contribution in [3.05, 3.63) is 65.4 Å². The first-order valence-electron chi connectivity index (χ1n) is 8.07. The fourth-order valence-electron chi connectivity index (χ4n) is 2.61. The first-order chi connectivity index (χ1) is 12.4. The Labute approximate surface area is 150 Å².